The van der Waals surface area contributed by atoms with Crippen molar-refractivity contribution in [2.45, 2.75) is 70.6 Å². The minimum Gasteiger partial charge on any atom is -0.480 e. The molecule has 0 aromatic heterocycles. The minimum atomic E-state index is -0.800. The molecule has 5 heteroatoms. The molecule has 0 bridgehead atoms. The zero-order valence-electron chi connectivity index (χ0n) is 13.2. The zero-order valence-corrected chi connectivity index (χ0v) is 13.2. The van der Waals surface area contributed by atoms with Crippen LogP contribution in [0.5, 0.6) is 0 Å². The summed E-state index contributed by atoms with van der Waals surface area (Å²) in [7, 11) is 0. The molecule has 1 aliphatic rings. The first kappa shape index (κ1) is 17.4. The molecule has 0 amide bonds. The Morgan fingerprint density at radius 2 is 2.10 bits per heavy atom. The van der Waals surface area contributed by atoms with Crippen LogP contribution in [-0.2, 0) is 14.3 Å². The number of carboxylic acids is 1. The van der Waals surface area contributed by atoms with Gasteiger partial charge in [-0.3, -0.25) is 4.79 Å². The molecule has 0 spiro atoms. The van der Waals surface area contributed by atoms with E-state index < -0.39 is 11.5 Å². The number of rotatable bonds is 8. The third-order valence-corrected chi connectivity index (χ3v) is 3.56. The van der Waals surface area contributed by atoms with Gasteiger partial charge in [-0.2, -0.15) is 0 Å². The lowest BCUT2D eigenvalue weighted by atomic mass is 9.97. The minimum absolute atomic E-state index is 0.0130. The number of hydrogen-bond acceptors (Lipinski definition) is 4. The van der Waals surface area contributed by atoms with Crippen molar-refractivity contribution in [1.29, 1.82) is 0 Å². The van der Waals surface area contributed by atoms with Crippen molar-refractivity contribution in [3.8, 4) is 0 Å². The van der Waals surface area contributed by atoms with E-state index in [1.807, 2.05) is 27.7 Å². The molecule has 20 heavy (non-hydrogen) atoms. The summed E-state index contributed by atoms with van der Waals surface area (Å²) in [5.74, 6) is -0.761. The summed E-state index contributed by atoms with van der Waals surface area (Å²) in [4.78, 5) is 11.5. The maximum absolute atomic E-state index is 11.5. The lowest BCUT2D eigenvalue weighted by Crippen LogP contribution is -2.50. The Balaban J connectivity index is 2.35. The first-order valence-electron chi connectivity index (χ1n) is 7.53. The highest BCUT2D eigenvalue weighted by Gasteiger charge is 2.45. The van der Waals surface area contributed by atoms with E-state index in [1.165, 1.54) is 0 Å². The van der Waals surface area contributed by atoms with Gasteiger partial charge in [0.2, 0.25) is 0 Å². The fourth-order valence-electron chi connectivity index (χ4n) is 2.50. The number of aliphatic carboxylic acids is 1. The van der Waals surface area contributed by atoms with E-state index in [9.17, 15) is 9.90 Å². The standard InChI is InChI=1S/C15H29NO4/c1-5-8-16-15(13(17)18)7-6-12(11-15)19-9-10-20-14(2,3)4/h12,16H,5-11H2,1-4H3,(H,17,18). The molecule has 1 aliphatic carbocycles. The molecule has 2 atom stereocenters. The van der Waals surface area contributed by atoms with Crippen molar-refractivity contribution >= 4 is 5.97 Å². The Morgan fingerprint density at radius 3 is 2.65 bits per heavy atom. The molecule has 118 valence electrons. The highest BCUT2D eigenvalue weighted by Crippen LogP contribution is 2.32. The smallest absolute Gasteiger partial charge is 0.323 e. The van der Waals surface area contributed by atoms with Crippen LogP contribution < -0.4 is 5.32 Å². The summed E-state index contributed by atoms with van der Waals surface area (Å²) < 4.78 is 11.4. The number of nitrogens with one attached hydrogen (secondary N) is 1. The molecule has 0 aromatic rings. The second-order valence-electron chi connectivity index (χ2n) is 6.51. The van der Waals surface area contributed by atoms with Gasteiger partial charge in [-0.25, -0.2) is 0 Å². The largest absolute Gasteiger partial charge is 0.480 e. The lowest BCUT2D eigenvalue weighted by Gasteiger charge is -2.26. The summed E-state index contributed by atoms with van der Waals surface area (Å²) >= 11 is 0. The molecule has 1 rings (SSSR count). The highest BCUT2D eigenvalue weighted by molar-refractivity contribution is 5.79. The second kappa shape index (κ2) is 7.38. The van der Waals surface area contributed by atoms with E-state index in [2.05, 4.69) is 5.32 Å². The lowest BCUT2D eigenvalue weighted by molar-refractivity contribution is -0.145. The number of carbonyl (C=O) groups is 1. The van der Waals surface area contributed by atoms with Crippen molar-refractivity contribution < 1.29 is 19.4 Å². The summed E-state index contributed by atoms with van der Waals surface area (Å²) in [6, 6.07) is 0. The molecule has 2 unspecified atom stereocenters. The second-order valence-corrected chi connectivity index (χ2v) is 6.51. The third kappa shape index (κ3) is 5.38. The number of ether oxygens (including phenoxy) is 2. The van der Waals surface area contributed by atoms with Gasteiger partial charge in [0.25, 0.3) is 0 Å². The number of hydrogen-bond donors (Lipinski definition) is 2. The molecular formula is C15H29NO4. The van der Waals surface area contributed by atoms with Gasteiger partial charge < -0.3 is 19.9 Å². The molecule has 0 saturated heterocycles. The molecule has 1 fully saturated rings. The highest BCUT2D eigenvalue weighted by atomic mass is 16.5. The van der Waals surface area contributed by atoms with Crippen molar-refractivity contribution in [1.82, 2.24) is 5.32 Å². The maximum atomic E-state index is 11.5. The average Bonchev–Trinajstić information content (AvgIpc) is 2.76. The molecule has 0 radical (unpaired) electrons. The van der Waals surface area contributed by atoms with E-state index >= 15 is 0 Å². The summed E-state index contributed by atoms with van der Waals surface area (Å²) in [5.41, 5.74) is -0.960. The normalized spacial score (nSPS) is 26.9. The predicted octanol–water partition coefficient (Wildman–Crippen LogP) is 2.19. The SMILES string of the molecule is CCCNC1(C(=O)O)CCC(OCCOC(C)(C)C)C1. The van der Waals surface area contributed by atoms with Crippen LogP contribution in [0.4, 0.5) is 0 Å². The summed E-state index contributed by atoms with van der Waals surface area (Å²) in [6.07, 6.45) is 2.91. The molecule has 0 heterocycles. The average molecular weight is 287 g/mol. The van der Waals surface area contributed by atoms with Gasteiger partial charge in [0.1, 0.15) is 5.54 Å². The molecule has 5 nitrogen and oxygen atoms in total. The van der Waals surface area contributed by atoms with Gasteiger partial charge in [0, 0.05) is 6.42 Å². The zero-order chi connectivity index (χ0) is 15.2. The van der Waals surface area contributed by atoms with Gasteiger partial charge in [-0.1, -0.05) is 6.92 Å². The van der Waals surface area contributed by atoms with Crippen molar-refractivity contribution in [3.05, 3.63) is 0 Å². The first-order chi connectivity index (χ1) is 9.29. The fourth-order valence-corrected chi connectivity index (χ4v) is 2.50. The molecule has 0 aromatic carbocycles. The number of carboxylic acid groups (broad SMARTS) is 1. The Bertz CT molecular complexity index is 313. The van der Waals surface area contributed by atoms with E-state index in [0.717, 1.165) is 19.4 Å². The first-order valence-corrected chi connectivity index (χ1v) is 7.53. The Kier molecular flexibility index (Phi) is 6.43. The fraction of sp³-hybridized carbons (Fsp3) is 0.933. The molecular weight excluding hydrogens is 258 g/mol. The van der Waals surface area contributed by atoms with Gasteiger partial charge in [0.15, 0.2) is 0 Å². The predicted molar refractivity (Wildman–Crippen MR) is 78.0 cm³/mol. The van der Waals surface area contributed by atoms with Crippen LogP contribution in [0.3, 0.4) is 0 Å². The summed E-state index contributed by atoms with van der Waals surface area (Å²) in [6.45, 7) is 9.85. The van der Waals surface area contributed by atoms with Gasteiger partial charge in [-0.15, -0.1) is 0 Å². The van der Waals surface area contributed by atoms with Crippen molar-refractivity contribution in [2.24, 2.45) is 0 Å². The summed E-state index contributed by atoms with van der Waals surface area (Å²) in [5, 5.41) is 12.6. The van der Waals surface area contributed by atoms with E-state index in [1.54, 1.807) is 0 Å². The quantitative estimate of drug-likeness (QED) is 0.670. The van der Waals surface area contributed by atoms with Crippen LogP contribution in [-0.4, -0.2) is 48.1 Å². The Hall–Kier alpha value is -0.650. The van der Waals surface area contributed by atoms with Crippen LogP contribution in [0, 0.1) is 0 Å². The monoisotopic (exact) mass is 287 g/mol. The van der Waals surface area contributed by atoms with Crippen LogP contribution in [0.1, 0.15) is 53.4 Å². The molecule has 2 N–H and O–H groups in total. The van der Waals surface area contributed by atoms with E-state index in [-0.39, 0.29) is 11.7 Å². The Morgan fingerprint density at radius 1 is 1.40 bits per heavy atom. The van der Waals surface area contributed by atoms with Crippen LogP contribution in [0.2, 0.25) is 0 Å². The molecule has 1 saturated carbocycles. The van der Waals surface area contributed by atoms with Crippen molar-refractivity contribution in [3.63, 3.8) is 0 Å². The van der Waals surface area contributed by atoms with Crippen molar-refractivity contribution in [2.75, 3.05) is 19.8 Å². The van der Waals surface area contributed by atoms with E-state index in [4.69, 9.17) is 9.47 Å². The van der Waals surface area contributed by atoms with Gasteiger partial charge in [-0.05, 0) is 46.6 Å². The van der Waals surface area contributed by atoms with Gasteiger partial charge >= 0.3 is 5.97 Å². The maximum Gasteiger partial charge on any atom is 0.323 e. The van der Waals surface area contributed by atoms with E-state index in [0.29, 0.717) is 26.1 Å². The van der Waals surface area contributed by atoms with Crippen LogP contribution in [0.25, 0.3) is 0 Å². The van der Waals surface area contributed by atoms with Gasteiger partial charge in [0.05, 0.1) is 24.9 Å². The Labute approximate surface area is 122 Å². The van der Waals surface area contributed by atoms with Crippen LogP contribution >= 0.6 is 0 Å². The third-order valence-electron chi connectivity index (χ3n) is 3.56. The van der Waals surface area contributed by atoms with Crippen LogP contribution in [0.15, 0.2) is 0 Å². The molecule has 0 aliphatic heterocycles. The topological polar surface area (TPSA) is 67.8 Å².